The van der Waals surface area contributed by atoms with Crippen LogP contribution in [0.5, 0.6) is 11.6 Å². The van der Waals surface area contributed by atoms with Gasteiger partial charge in [0, 0.05) is 15.3 Å². The minimum absolute atomic E-state index is 0.0961. The fraction of sp³-hybridized carbons (Fsp3) is 0.120. The summed E-state index contributed by atoms with van der Waals surface area (Å²) in [4.78, 5) is 2.19. The Morgan fingerprint density at radius 3 is 2.59 bits per heavy atom. The van der Waals surface area contributed by atoms with Crippen molar-refractivity contribution in [3.63, 3.8) is 0 Å². The van der Waals surface area contributed by atoms with Crippen LogP contribution in [0.1, 0.15) is 26.8 Å². The van der Waals surface area contributed by atoms with Crippen LogP contribution in [-0.2, 0) is 6.61 Å². The quantitative estimate of drug-likeness (QED) is 0.442. The second kappa shape index (κ2) is 8.25. The van der Waals surface area contributed by atoms with Crippen LogP contribution in [0, 0.1) is 18.3 Å². The van der Waals surface area contributed by atoms with Gasteiger partial charge in [-0.1, -0.05) is 30.3 Å². The van der Waals surface area contributed by atoms with Crippen molar-refractivity contribution in [3.8, 4) is 29.0 Å². The van der Waals surface area contributed by atoms with E-state index >= 15 is 0 Å². The van der Waals surface area contributed by atoms with Crippen molar-refractivity contribution in [1.29, 1.82) is 5.26 Å². The van der Waals surface area contributed by atoms with E-state index in [4.69, 9.17) is 15.2 Å². The molecule has 0 fully saturated rings. The Labute approximate surface area is 189 Å². The zero-order valence-corrected chi connectivity index (χ0v) is 18.1. The predicted octanol–water partition coefficient (Wildman–Crippen LogP) is 5.24. The normalized spacial score (nSPS) is 15.1. The number of benzene rings is 2. The first-order valence-corrected chi connectivity index (χ1v) is 10.9. The Morgan fingerprint density at radius 1 is 1.12 bits per heavy atom. The Hall–Kier alpha value is -4.02. The van der Waals surface area contributed by atoms with Gasteiger partial charge in [-0.15, -0.1) is 16.4 Å². The lowest BCUT2D eigenvalue weighted by Gasteiger charge is -2.22. The molecule has 158 valence electrons. The molecule has 2 aromatic carbocycles. The number of rotatable bonds is 5. The van der Waals surface area contributed by atoms with Crippen molar-refractivity contribution in [2.24, 2.45) is 5.73 Å². The van der Waals surface area contributed by atoms with Gasteiger partial charge in [0.2, 0.25) is 11.8 Å². The van der Waals surface area contributed by atoms with E-state index in [1.165, 1.54) is 0 Å². The first-order valence-electron chi connectivity index (χ1n) is 10.1. The molecule has 3 N–H and O–H groups in total. The van der Waals surface area contributed by atoms with Gasteiger partial charge in [-0.25, -0.2) is 0 Å². The minimum atomic E-state index is -0.329. The molecule has 0 saturated carbocycles. The fourth-order valence-corrected chi connectivity index (χ4v) is 4.81. The summed E-state index contributed by atoms with van der Waals surface area (Å²) in [5.41, 5.74) is 10.1. The first-order chi connectivity index (χ1) is 15.6. The van der Waals surface area contributed by atoms with Gasteiger partial charge in [0.05, 0.1) is 17.2 Å². The summed E-state index contributed by atoms with van der Waals surface area (Å²) in [6.07, 6.45) is 0. The van der Waals surface area contributed by atoms with Crippen molar-refractivity contribution >= 4 is 11.3 Å². The summed E-state index contributed by atoms with van der Waals surface area (Å²) >= 11 is 1.64. The highest BCUT2D eigenvalue weighted by Gasteiger charge is 2.36. The summed E-state index contributed by atoms with van der Waals surface area (Å²) in [6.45, 7) is 2.54. The van der Waals surface area contributed by atoms with Gasteiger partial charge in [-0.2, -0.15) is 5.26 Å². The summed E-state index contributed by atoms with van der Waals surface area (Å²) in [7, 11) is 0. The van der Waals surface area contributed by atoms with Gasteiger partial charge in [0.25, 0.3) is 0 Å². The third-order valence-corrected chi connectivity index (χ3v) is 6.44. The molecule has 0 radical (unpaired) electrons. The van der Waals surface area contributed by atoms with Crippen molar-refractivity contribution in [2.75, 3.05) is 0 Å². The number of nitrogens with one attached hydrogen (secondary N) is 1. The molecule has 0 bridgehead atoms. The number of H-pyrrole nitrogens is 1. The Kier molecular flexibility index (Phi) is 5.13. The maximum absolute atomic E-state index is 9.80. The number of nitriles is 1. The van der Waals surface area contributed by atoms with Gasteiger partial charge >= 0.3 is 0 Å². The monoisotopic (exact) mass is 440 g/mol. The maximum atomic E-state index is 9.80. The summed E-state index contributed by atoms with van der Waals surface area (Å²) < 4.78 is 11.6. The molecular weight excluding hydrogens is 420 g/mol. The first kappa shape index (κ1) is 19.9. The van der Waals surface area contributed by atoms with Gasteiger partial charge in [0.15, 0.2) is 0 Å². The lowest BCUT2D eigenvalue weighted by atomic mass is 9.87. The van der Waals surface area contributed by atoms with Crippen molar-refractivity contribution in [1.82, 2.24) is 10.2 Å². The molecule has 0 amide bonds. The van der Waals surface area contributed by atoms with Crippen LogP contribution in [0.15, 0.2) is 78.2 Å². The molecule has 32 heavy (non-hydrogen) atoms. The highest BCUT2D eigenvalue weighted by Crippen LogP contribution is 2.47. The molecule has 1 aliphatic heterocycles. The van der Waals surface area contributed by atoms with E-state index in [-0.39, 0.29) is 11.8 Å². The lowest BCUT2D eigenvalue weighted by Crippen LogP contribution is -2.20. The predicted molar refractivity (Wildman–Crippen MR) is 123 cm³/mol. The molecule has 2 aromatic heterocycles. The molecular formula is C25H20N4O2S. The van der Waals surface area contributed by atoms with Crippen LogP contribution < -0.4 is 15.2 Å². The number of hydrogen-bond donors (Lipinski definition) is 2. The minimum Gasteiger partial charge on any atom is -0.489 e. The van der Waals surface area contributed by atoms with E-state index in [0.29, 0.717) is 18.1 Å². The number of aromatic nitrogens is 2. The highest BCUT2D eigenvalue weighted by molar-refractivity contribution is 7.12. The second-order valence-corrected chi connectivity index (χ2v) is 8.81. The molecule has 0 unspecified atom stereocenters. The largest absolute Gasteiger partial charge is 0.489 e. The summed E-state index contributed by atoms with van der Waals surface area (Å²) in [6, 6.07) is 24.1. The van der Waals surface area contributed by atoms with Crippen LogP contribution >= 0.6 is 11.3 Å². The Morgan fingerprint density at radius 2 is 1.91 bits per heavy atom. The number of nitrogens with two attached hydrogens (primary N) is 1. The molecule has 5 rings (SSSR count). The number of fused-ring (bicyclic) bond motifs is 1. The number of aromatic amines is 1. The van der Waals surface area contributed by atoms with Crippen LogP contribution in [0.4, 0.5) is 0 Å². The smallest absolute Gasteiger partial charge is 0.244 e. The SMILES string of the molecule is Cc1ccc([C@H]2C(C#N)=C(N)Oc3n[nH]c(-c4ccc(OCc5ccccc5)cc4)c32)s1. The third kappa shape index (κ3) is 3.61. The molecule has 4 aromatic rings. The van der Waals surface area contributed by atoms with E-state index in [9.17, 15) is 5.26 Å². The molecule has 3 heterocycles. The second-order valence-electron chi connectivity index (χ2n) is 7.49. The zero-order chi connectivity index (χ0) is 22.1. The average Bonchev–Trinajstić information content (AvgIpc) is 3.44. The molecule has 0 saturated heterocycles. The van der Waals surface area contributed by atoms with Gasteiger partial charge in [-0.3, -0.25) is 5.10 Å². The Balaban J connectivity index is 1.47. The Bertz CT molecular complexity index is 1330. The standard InChI is InChI=1S/C25H20N4O2S/c1-15-7-12-20(32-15)21-19(13-26)24(27)31-25-22(21)23(28-29-25)17-8-10-18(11-9-17)30-14-16-5-3-2-4-6-16/h2-12,21H,14,27H2,1H3,(H,28,29)/t21-/m1/s1. The summed E-state index contributed by atoms with van der Waals surface area (Å²) in [5, 5.41) is 17.2. The van der Waals surface area contributed by atoms with Crippen LogP contribution in [0.3, 0.4) is 0 Å². The number of hydrogen-bond acceptors (Lipinski definition) is 6. The molecule has 7 heteroatoms. The van der Waals surface area contributed by atoms with Crippen molar-refractivity contribution in [2.45, 2.75) is 19.4 Å². The fourth-order valence-electron chi connectivity index (χ4n) is 3.82. The summed E-state index contributed by atoms with van der Waals surface area (Å²) in [5.74, 6) is 0.940. The number of ether oxygens (including phenoxy) is 2. The molecule has 0 spiro atoms. The van der Waals surface area contributed by atoms with Gasteiger partial charge in [-0.05, 0) is 48.9 Å². The van der Waals surface area contributed by atoms with Crippen LogP contribution in [-0.4, -0.2) is 10.2 Å². The van der Waals surface area contributed by atoms with E-state index in [2.05, 4.69) is 16.3 Å². The van der Waals surface area contributed by atoms with E-state index in [1.807, 2.05) is 73.7 Å². The highest BCUT2D eigenvalue weighted by atomic mass is 32.1. The average molecular weight is 441 g/mol. The molecule has 0 aliphatic carbocycles. The topological polar surface area (TPSA) is 97.0 Å². The molecule has 1 atom stereocenters. The van der Waals surface area contributed by atoms with Gasteiger partial charge in [0.1, 0.15) is 24.0 Å². The molecule has 1 aliphatic rings. The van der Waals surface area contributed by atoms with Crippen molar-refractivity contribution in [3.05, 3.63) is 99.1 Å². The van der Waals surface area contributed by atoms with Crippen LogP contribution in [0.2, 0.25) is 0 Å². The number of thiophene rings is 1. The number of nitrogens with zero attached hydrogens (tertiary/aromatic N) is 2. The molecule has 6 nitrogen and oxygen atoms in total. The zero-order valence-electron chi connectivity index (χ0n) is 17.3. The number of aryl methyl sites for hydroxylation is 1. The van der Waals surface area contributed by atoms with Gasteiger partial charge < -0.3 is 15.2 Å². The van der Waals surface area contributed by atoms with E-state index in [0.717, 1.165) is 37.9 Å². The maximum Gasteiger partial charge on any atom is 0.244 e. The van der Waals surface area contributed by atoms with Crippen LogP contribution in [0.25, 0.3) is 11.3 Å². The van der Waals surface area contributed by atoms with Crippen molar-refractivity contribution < 1.29 is 9.47 Å². The third-order valence-electron chi connectivity index (χ3n) is 5.38. The van der Waals surface area contributed by atoms with E-state index < -0.39 is 0 Å². The lowest BCUT2D eigenvalue weighted by molar-refractivity contribution is 0.306. The van der Waals surface area contributed by atoms with E-state index in [1.54, 1.807) is 11.3 Å². The number of allylic oxidation sites excluding steroid dienone is 1.